The number of nitrogens with zero attached hydrogens (tertiary/aromatic N) is 2. The second-order valence-corrected chi connectivity index (χ2v) is 6.35. The van der Waals surface area contributed by atoms with E-state index in [0.717, 1.165) is 12.2 Å². The minimum absolute atomic E-state index is 0.0566. The number of hydrogen-bond donors (Lipinski definition) is 2. The van der Waals surface area contributed by atoms with Crippen LogP contribution in [-0.4, -0.2) is 49.0 Å². The molecule has 122 valence electrons. The van der Waals surface area contributed by atoms with E-state index < -0.39 is 0 Å². The molecular formula is C17H28N4O. The first kappa shape index (κ1) is 16.7. The normalized spacial score (nSPS) is 16.3. The molecule has 5 nitrogen and oxygen atoms in total. The minimum atomic E-state index is -0.0566. The van der Waals surface area contributed by atoms with Crippen LogP contribution in [0.15, 0.2) is 18.5 Å². The molecule has 2 rings (SSSR count). The Morgan fingerprint density at radius 1 is 1.23 bits per heavy atom. The van der Waals surface area contributed by atoms with E-state index in [9.17, 15) is 4.79 Å². The van der Waals surface area contributed by atoms with Gasteiger partial charge in [0.2, 0.25) is 0 Å². The summed E-state index contributed by atoms with van der Waals surface area (Å²) in [5, 5.41) is 6.46. The van der Waals surface area contributed by atoms with Crippen LogP contribution in [0.1, 0.15) is 48.9 Å². The van der Waals surface area contributed by atoms with E-state index in [1.54, 1.807) is 6.20 Å². The number of pyridine rings is 1. The molecule has 0 spiro atoms. The third-order valence-corrected chi connectivity index (χ3v) is 4.07. The topological polar surface area (TPSA) is 57.3 Å². The number of anilines is 1. The first-order chi connectivity index (χ1) is 10.6. The van der Waals surface area contributed by atoms with Gasteiger partial charge in [0.05, 0.1) is 11.3 Å². The summed E-state index contributed by atoms with van der Waals surface area (Å²) in [6, 6.07) is 2.42. The fourth-order valence-corrected chi connectivity index (χ4v) is 2.80. The lowest BCUT2D eigenvalue weighted by Gasteiger charge is -2.17. The van der Waals surface area contributed by atoms with Crippen LogP contribution in [0.2, 0.25) is 0 Å². The van der Waals surface area contributed by atoms with Gasteiger partial charge in [-0.2, -0.15) is 0 Å². The van der Waals surface area contributed by atoms with Gasteiger partial charge in [-0.3, -0.25) is 9.78 Å². The van der Waals surface area contributed by atoms with Crippen LogP contribution < -0.4 is 10.6 Å². The number of amides is 1. The molecule has 0 saturated heterocycles. The SMILES string of the molecule is CN(C)CCNC(=O)c1cncc(NC2CCCCCC2)c1. The van der Waals surface area contributed by atoms with Gasteiger partial charge in [0.25, 0.3) is 5.91 Å². The van der Waals surface area contributed by atoms with Gasteiger partial charge in [-0.25, -0.2) is 0 Å². The molecule has 1 fully saturated rings. The highest BCUT2D eigenvalue weighted by atomic mass is 16.1. The molecule has 0 aromatic carbocycles. The molecule has 0 radical (unpaired) electrons. The summed E-state index contributed by atoms with van der Waals surface area (Å²) in [5.41, 5.74) is 1.57. The fraction of sp³-hybridized carbons (Fsp3) is 0.647. The first-order valence-electron chi connectivity index (χ1n) is 8.29. The van der Waals surface area contributed by atoms with Crippen LogP contribution in [0.4, 0.5) is 5.69 Å². The standard InChI is InChI=1S/C17H28N4O/c1-21(2)10-9-19-17(22)14-11-16(13-18-12-14)20-15-7-5-3-4-6-8-15/h11-13,15,20H,3-10H2,1-2H3,(H,19,22). The zero-order valence-corrected chi connectivity index (χ0v) is 13.8. The molecule has 0 aliphatic heterocycles. The summed E-state index contributed by atoms with van der Waals surface area (Å²) in [4.78, 5) is 18.4. The Morgan fingerprint density at radius 3 is 2.64 bits per heavy atom. The third-order valence-electron chi connectivity index (χ3n) is 4.07. The Kier molecular flexibility index (Phi) is 6.65. The van der Waals surface area contributed by atoms with Gasteiger partial charge in [0.15, 0.2) is 0 Å². The quantitative estimate of drug-likeness (QED) is 0.793. The maximum atomic E-state index is 12.1. The molecule has 0 unspecified atom stereocenters. The lowest BCUT2D eigenvalue weighted by Crippen LogP contribution is -2.31. The average Bonchev–Trinajstić information content (AvgIpc) is 2.76. The maximum Gasteiger partial charge on any atom is 0.252 e. The highest BCUT2D eigenvalue weighted by Gasteiger charge is 2.13. The van der Waals surface area contributed by atoms with Crippen molar-refractivity contribution in [3.8, 4) is 0 Å². The van der Waals surface area contributed by atoms with Crippen molar-refractivity contribution in [2.45, 2.75) is 44.6 Å². The zero-order valence-electron chi connectivity index (χ0n) is 13.8. The van der Waals surface area contributed by atoms with E-state index in [0.29, 0.717) is 18.2 Å². The molecule has 1 aliphatic rings. The van der Waals surface area contributed by atoms with E-state index in [1.165, 1.54) is 38.5 Å². The van der Waals surface area contributed by atoms with Crippen LogP contribution in [0.5, 0.6) is 0 Å². The van der Waals surface area contributed by atoms with Crippen molar-refractivity contribution in [2.24, 2.45) is 0 Å². The third kappa shape index (κ3) is 5.64. The van der Waals surface area contributed by atoms with Crippen molar-refractivity contribution < 1.29 is 4.79 Å². The molecule has 1 heterocycles. The molecule has 1 aromatic heterocycles. The number of carbonyl (C=O) groups is 1. The molecule has 1 aliphatic carbocycles. The monoisotopic (exact) mass is 304 g/mol. The summed E-state index contributed by atoms with van der Waals surface area (Å²) in [6.45, 7) is 1.48. The molecule has 1 saturated carbocycles. The van der Waals surface area contributed by atoms with Crippen molar-refractivity contribution in [1.82, 2.24) is 15.2 Å². The summed E-state index contributed by atoms with van der Waals surface area (Å²) in [7, 11) is 3.98. The molecule has 0 bridgehead atoms. The van der Waals surface area contributed by atoms with Crippen LogP contribution in [0.25, 0.3) is 0 Å². The van der Waals surface area contributed by atoms with Crippen molar-refractivity contribution >= 4 is 11.6 Å². The highest BCUT2D eigenvalue weighted by molar-refractivity contribution is 5.94. The molecule has 1 amide bonds. The second kappa shape index (κ2) is 8.73. The number of aromatic nitrogens is 1. The lowest BCUT2D eigenvalue weighted by molar-refractivity contribution is 0.0950. The fourth-order valence-electron chi connectivity index (χ4n) is 2.80. The highest BCUT2D eigenvalue weighted by Crippen LogP contribution is 2.21. The Hall–Kier alpha value is -1.62. The van der Waals surface area contributed by atoms with Crippen LogP contribution in [-0.2, 0) is 0 Å². The largest absolute Gasteiger partial charge is 0.381 e. The van der Waals surface area contributed by atoms with E-state index in [1.807, 2.05) is 31.3 Å². The number of likely N-dealkylation sites (N-methyl/N-ethyl adjacent to an activating group) is 1. The molecule has 2 N–H and O–H groups in total. The summed E-state index contributed by atoms with van der Waals surface area (Å²) >= 11 is 0. The van der Waals surface area contributed by atoms with E-state index in [-0.39, 0.29) is 5.91 Å². The molecule has 5 heteroatoms. The van der Waals surface area contributed by atoms with Crippen LogP contribution >= 0.6 is 0 Å². The maximum absolute atomic E-state index is 12.1. The predicted molar refractivity (Wildman–Crippen MR) is 90.2 cm³/mol. The zero-order chi connectivity index (χ0) is 15.8. The number of hydrogen-bond acceptors (Lipinski definition) is 4. The van der Waals surface area contributed by atoms with Crippen LogP contribution in [0, 0.1) is 0 Å². The minimum Gasteiger partial charge on any atom is -0.381 e. The van der Waals surface area contributed by atoms with Gasteiger partial charge in [0.1, 0.15) is 0 Å². The molecule has 1 aromatic rings. The Balaban J connectivity index is 1.89. The van der Waals surface area contributed by atoms with E-state index in [4.69, 9.17) is 0 Å². The van der Waals surface area contributed by atoms with Crippen molar-refractivity contribution in [3.63, 3.8) is 0 Å². The van der Waals surface area contributed by atoms with Crippen molar-refractivity contribution in [2.75, 3.05) is 32.5 Å². The van der Waals surface area contributed by atoms with E-state index >= 15 is 0 Å². The van der Waals surface area contributed by atoms with Crippen molar-refractivity contribution in [3.05, 3.63) is 24.0 Å². The Bertz CT molecular complexity index is 467. The Labute approximate surface area is 133 Å². The average molecular weight is 304 g/mol. The molecule has 22 heavy (non-hydrogen) atoms. The second-order valence-electron chi connectivity index (χ2n) is 6.35. The van der Waals surface area contributed by atoms with Gasteiger partial charge >= 0.3 is 0 Å². The number of nitrogens with one attached hydrogen (secondary N) is 2. The van der Waals surface area contributed by atoms with Gasteiger partial charge in [0, 0.05) is 31.5 Å². The lowest BCUT2D eigenvalue weighted by atomic mass is 10.1. The van der Waals surface area contributed by atoms with E-state index in [2.05, 4.69) is 15.6 Å². The summed E-state index contributed by atoms with van der Waals surface area (Å²) in [5.74, 6) is -0.0566. The Morgan fingerprint density at radius 2 is 1.95 bits per heavy atom. The number of rotatable bonds is 6. The van der Waals surface area contributed by atoms with Gasteiger partial charge in [-0.05, 0) is 33.0 Å². The number of carbonyl (C=O) groups excluding carboxylic acids is 1. The van der Waals surface area contributed by atoms with Crippen molar-refractivity contribution in [1.29, 1.82) is 0 Å². The van der Waals surface area contributed by atoms with Gasteiger partial charge in [-0.15, -0.1) is 0 Å². The summed E-state index contributed by atoms with van der Waals surface area (Å²) in [6.07, 6.45) is 11.1. The smallest absolute Gasteiger partial charge is 0.252 e. The van der Waals surface area contributed by atoms with Gasteiger partial charge < -0.3 is 15.5 Å². The van der Waals surface area contributed by atoms with Gasteiger partial charge in [-0.1, -0.05) is 25.7 Å². The molecular weight excluding hydrogens is 276 g/mol. The summed E-state index contributed by atoms with van der Waals surface area (Å²) < 4.78 is 0. The first-order valence-corrected chi connectivity index (χ1v) is 8.29. The van der Waals surface area contributed by atoms with Crippen LogP contribution in [0.3, 0.4) is 0 Å². The predicted octanol–water partition coefficient (Wildman–Crippen LogP) is 2.51. The molecule has 0 atom stereocenters.